The van der Waals surface area contributed by atoms with E-state index in [0.717, 1.165) is 16.9 Å². The van der Waals surface area contributed by atoms with Gasteiger partial charge in [-0.3, -0.25) is 14.9 Å². The number of carbonyl (C=O) groups is 1. The fourth-order valence-electron chi connectivity index (χ4n) is 2.80. The first-order chi connectivity index (χ1) is 13.3. The fraction of sp³-hybridized carbons (Fsp3) is 0.200. The molecule has 0 saturated heterocycles. The molecule has 0 saturated carbocycles. The highest BCUT2D eigenvalue weighted by Crippen LogP contribution is 2.21. The van der Waals surface area contributed by atoms with Crippen LogP contribution < -0.4 is 10.1 Å². The summed E-state index contributed by atoms with van der Waals surface area (Å²) in [5, 5.41) is 17.7. The van der Waals surface area contributed by atoms with E-state index in [4.69, 9.17) is 4.74 Å². The van der Waals surface area contributed by atoms with Gasteiger partial charge in [0, 0.05) is 24.0 Å². The highest BCUT2D eigenvalue weighted by Gasteiger charge is 2.13. The lowest BCUT2D eigenvalue weighted by Gasteiger charge is -2.08. The zero-order valence-corrected chi connectivity index (χ0v) is 15.8. The first-order valence-electron chi connectivity index (χ1n) is 8.63. The molecule has 8 nitrogen and oxygen atoms in total. The van der Waals surface area contributed by atoms with Crippen LogP contribution in [0.2, 0.25) is 0 Å². The van der Waals surface area contributed by atoms with Gasteiger partial charge in [0.25, 0.3) is 11.6 Å². The maximum Gasteiger partial charge on any atom is 0.276 e. The minimum atomic E-state index is -0.476. The molecule has 3 aromatic rings. The summed E-state index contributed by atoms with van der Waals surface area (Å²) in [5.74, 6) is 0.336. The summed E-state index contributed by atoms with van der Waals surface area (Å²) >= 11 is 0. The van der Waals surface area contributed by atoms with Gasteiger partial charge in [-0.2, -0.15) is 5.10 Å². The topological polar surface area (TPSA) is 99.3 Å². The molecule has 0 aliphatic heterocycles. The molecule has 2 aromatic carbocycles. The van der Waals surface area contributed by atoms with E-state index in [9.17, 15) is 14.9 Å². The Kier molecular flexibility index (Phi) is 5.39. The molecule has 0 spiro atoms. The summed E-state index contributed by atoms with van der Waals surface area (Å²) < 4.78 is 7.25. The third kappa shape index (κ3) is 4.53. The number of hydrogen-bond donors (Lipinski definition) is 1. The van der Waals surface area contributed by atoms with Crippen LogP contribution in [0.15, 0.2) is 48.7 Å². The van der Waals surface area contributed by atoms with Crippen LogP contribution in [0.4, 0.5) is 11.4 Å². The Labute approximate surface area is 161 Å². The summed E-state index contributed by atoms with van der Waals surface area (Å²) in [6, 6.07) is 11.8. The molecular weight excluding hydrogens is 360 g/mol. The first-order valence-corrected chi connectivity index (χ1v) is 8.63. The van der Waals surface area contributed by atoms with Gasteiger partial charge < -0.3 is 10.1 Å². The number of nitro benzene ring substituents is 1. The van der Waals surface area contributed by atoms with Gasteiger partial charge in [0.1, 0.15) is 5.75 Å². The van der Waals surface area contributed by atoms with E-state index in [1.54, 1.807) is 19.2 Å². The van der Waals surface area contributed by atoms with E-state index in [-0.39, 0.29) is 18.1 Å². The minimum Gasteiger partial charge on any atom is -0.471 e. The highest BCUT2D eigenvalue weighted by molar-refractivity contribution is 6.03. The van der Waals surface area contributed by atoms with Gasteiger partial charge in [0.05, 0.1) is 4.92 Å². The highest BCUT2D eigenvalue weighted by atomic mass is 16.6. The van der Waals surface area contributed by atoms with E-state index >= 15 is 0 Å². The average molecular weight is 380 g/mol. The standard InChI is InChI=1S/C20H20N4O4/c1-13-8-14(2)10-17(9-13)28-12-23-7-6-19(22-23)20(25)21-18-5-4-16(24(26)27)11-15(18)3/h4-11H,12H2,1-3H3,(H,21,25). The summed E-state index contributed by atoms with van der Waals surface area (Å²) in [5.41, 5.74) is 3.50. The number of nitro groups is 1. The van der Waals surface area contributed by atoms with Crippen molar-refractivity contribution in [3.05, 3.63) is 81.2 Å². The van der Waals surface area contributed by atoms with Gasteiger partial charge in [-0.15, -0.1) is 0 Å². The number of amides is 1. The van der Waals surface area contributed by atoms with Crippen molar-refractivity contribution in [2.45, 2.75) is 27.5 Å². The summed E-state index contributed by atoms with van der Waals surface area (Å²) in [4.78, 5) is 22.7. The number of anilines is 1. The quantitative estimate of drug-likeness (QED) is 0.515. The van der Waals surface area contributed by atoms with Crippen LogP contribution >= 0.6 is 0 Å². The van der Waals surface area contributed by atoms with Crippen molar-refractivity contribution in [3.8, 4) is 5.75 Å². The van der Waals surface area contributed by atoms with Crippen molar-refractivity contribution in [1.29, 1.82) is 0 Å². The second-order valence-electron chi connectivity index (χ2n) is 6.55. The van der Waals surface area contributed by atoms with Crippen LogP contribution in [0.5, 0.6) is 5.75 Å². The zero-order chi connectivity index (χ0) is 20.3. The van der Waals surface area contributed by atoms with Crippen molar-refractivity contribution >= 4 is 17.3 Å². The predicted octanol–water partition coefficient (Wildman–Crippen LogP) is 4.01. The van der Waals surface area contributed by atoms with Crippen LogP contribution in [-0.2, 0) is 6.73 Å². The molecule has 8 heteroatoms. The molecule has 0 unspecified atom stereocenters. The second kappa shape index (κ2) is 7.91. The van der Waals surface area contributed by atoms with Crippen LogP contribution in [0.3, 0.4) is 0 Å². The third-order valence-corrected chi connectivity index (χ3v) is 4.10. The van der Waals surface area contributed by atoms with Gasteiger partial charge in [0.15, 0.2) is 12.4 Å². The lowest BCUT2D eigenvalue weighted by Crippen LogP contribution is -2.15. The molecule has 0 bridgehead atoms. The number of nitrogens with zero attached hydrogens (tertiary/aromatic N) is 3. The zero-order valence-electron chi connectivity index (χ0n) is 15.8. The number of rotatable bonds is 6. The van der Waals surface area contributed by atoms with E-state index in [2.05, 4.69) is 16.5 Å². The number of hydrogen-bond acceptors (Lipinski definition) is 5. The van der Waals surface area contributed by atoms with Crippen LogP contribution in [0.1, 0.15) is 27.2 Å². The number of nitrogens with one attached hydrogen (secondary N) is 1. The molecule has 1 N–H and O–H groups in total. The maximum atomic E-state index is 12.4. The number of benzene rings is 2. The van der Waals surface area contributed by atoms with Gasteiger partial charge in [-0.25, -0.2) is 4.68 Å². The van der Waals surface area contributed by atoms with Gasteiger partial charge >= 0.3 is 0 Å². The lowest BCUT2D eigenvalue weighted by atomic mass is 10.1. The molecular formula is C20H20N4O4. The van der Waals surface area contributed by atoms with Crippen LogP contribution in [0.25, 0.3) is 0 Å². The monoisotopic (exact) mass is 380 g/mol. The lowest BCUT2D eigenvalue weighted by molar-refractivity contribution is -0.384. The number of aromatic nitrogens is 2. The summed E-state index contributed by atoms with van der Waals surface area (Å²) in [7, 11) is 0. The van der Waals surface area contributed by atoms with Crippen LogP contribution in [0, 0.1) is 30.9 Å². The Bertz CT molecular complexity index is 1020. The number of ether oxygens (including phenoxy) is 1. The smallest absolute Gasteiger partial charge is 0.276 e. The van der Waals surface area contributed by atoms with Gasteiger partial charge in [-0.1, -0.05) is 6.07 Å². The van der Waals surface area contributed by atoms with Crippen molar-refractivity contribution in [3.63, 3.8) is 0 Å². The Morgan fingerprint density at radius 3 is 2.50 bits per heavy atom. The Hall–Kier alpha value is -3.68. The Morgan fingerprint density at radius 1 is 1.14 bits per heavy atom. The first kappa shape index (κ1) is 19.1. The molecule has 144 valence electrons. The molecule has 1 heterocycles. The number of carbonyl (C=O) groups excluding carboxylic acids is 1. The van der Waals surface area contributed by atoms with Gasteiger partial charge in [0.2, 0.25) is 0 Å². The molecule has 28 heavy (non-hydrogen) atoms. The molecule has 0 radical (unpaired) electrons. The molecule has 0 fully saturated rings. The molecule has 3 rings (SSSR count). The van der Waals surface area contributed by atoms with Crippen molar-refractivity contribution in [2.75, 3.05) is 5.32 Å². The number of non-ortho nitro benzene ring substituents is 1. The van der Waals surface area contributed by atoms with Crippen LogP contribution in [-0.4, -0.2) is 20.6 Å². The average Bonchev–Trinajstić information content (AvgIpc) is 3.10. The van der Waals surface area contributed by atoms with E-state index in [1.165, 1.54) is 22.9 Å². The normalized spacial score (nSPS) is 10.5. The number of aryl methyl sites for hydroxylation is 3. The maximum absolute atomic E-state index is 12.4. The van der Waals surface area contributed by atoms with Crippen molar-refractivity contribution < 1.29 is 14.5 Å². The SMILES string of the molecule is Cc1cc(C)cc(OCn2ccc(C(=O)Nc3ccc([N+](=O)[O-])cc3C)n2)c1. The van der Waals surface area contributed by atoms with Gasteiger partial charge in [-0.05, 0) is 61.7 Å². The predicted molar refractivity (Wildman–Crippen MR) is 105 cm³/mol. The van der Waals surface area contributed by atoms with E-state index in [0.29, 0.717) is 11.3 Å². The largest absolute Gasteiger partial charge is 0.471 e. The summed E-state index contributed by atoms with van der Waals surface area (Å²) in [6.45, 7) is 5.86. The molecule has 1 aromatic heterocycles. The van der Waals surface area contributed by atoms with E-state index in [1.807, 2.05) is 26.0 Å². The Morgan fingerprint density at radius 2 is 1.86 bits per heavy atom. The second-order valence-corrected chi connectivity index (χ2v) is 6.55. The summed E-state index contributed by atoms with van der Waals surface area (Å²) in [6.07, 6.45) is 1.65. The molecule has 1 amide bonds. The molecule has 0 aliphatic rings. The fourth-order valence-corrected chi connectivity index (χ4v) is 2.80. The molecule has 0 aliphatic carbocycles. The minimum absolute atomic E-state index is 0.0247. The van der Waals surface area contributed by atoms with Crippen molar-refractivity contribution in [1.82, 2.24) is 9.78 Å². The third-order valence-electron chi connectivity index (χ3n) is 4.10. The van der Waals surface area contributed by atoms with Crippen molar-refractivity contribution in [2.24, 2.45) is 0 Å². The Balaban J connectivity index is 1.64. The van der Waals surface area contributed by atoms with E-state index < -0.39 is 10.8 Å². The molecule has 0 atom stereocenters.